The molecule has 0 N–H and O–H groups in total. The molecule has 10 heteroatoms. The van der Waals surface area contributed by atoms with Crippen molar-refractivity contribution in [1.29, 1.82) is 0 Å². The first-order valence-corrected chi connectivity index (χ1v) is 13.2. The molecule has 2 saturated heterocycles. The summed E-state index contributed by atoms with van der Waals surface area (Å²) in [5, 5.41) is 0.717. The van der Waals surface area contributed by atoms with Crippen LogP contribution in [0.4, 0.5) is 10.1 Å². The highest BCUT2D eigenvalue weighted by atomic mass is 32.2. The van der Waals surface area contributed by atoms with E-state index in [4.69, 9.17) is 0 Å². The number of thiophene rings is 1. The number of benzene rings is 1. The molecule has 0 aliphatic carbocycles. The molecule has 2 aliphatic rings. The lowest BCUT2D eigenvalue weighted by Gasteiger charge is -2.40. The highest BCUT2D eigenvalue weighted by Crippen LogP contribution is 2.32. The molecule has 2 atom stereocenters. The third-order valence-corrected chi connectivity index (χ3v) is 11.0. The maximum Gasteiger partial charge on any atom is 0.193 e. The van der Waals surface area contributed by atoms with Crippen molar-refractivity contribution in [3.8, 4) is 0 Å². The Bertz CT molecular complexity index is 1050. The van der Waals surface area contributed by atoms with Gasteiger partial charge in [0.2, 0.25) is 0 Å². The Labute approximate surface area is 168 Å². The predicted octanol–water partition coefficient (Wildman–Crippen LogP) is 1.65. The van der Waals surface area contributed by atoms with Crippen molar-refractivity contribution in [3.63, 3.8) is 0 Å². The van der Waals surface area contributed by atoms with Crippen LogP contribution in [0, 0.1) is 5.82 Å². The lowest BCUT2D eigenvalue weighted by Crippen LogP contribution is -2.55. The normalized spacial score (nSPS) is 25.8. The van der Waals surface area contributed by atoms with Crippen LogP contribution in [0.1, 0.15) is 0 Å². The minimum absolute atomic E-state index is 0.151. The van der Waals surface area contributed by atoms with Gasteiger partial charge < -0.3 is 4.90 Å². The fourth-order valence-corrected chi connectivity index (χ4v) is 10.1. The van der Waals surface area contributed by atoms with Gasteiger partial charge in [-0.25, -0.2) is 21.2 Å². The average molecular weight is 445 g/mol. The Kier molecular flexibility index (Phi) is 5.24. The predicted molar refractivity (Wildman–Crippen MR) is 108 cm³/mol. The van der Waals surface area contributed by atoms with Crippen molar-refractivity contribution >= 4 is 36.7 Å². The van der Waals surface area contributed by atoms with Crippen molar-refractivity contribution in [2.45, 2.75) is 15.5 Å². The molecule has 6 nitrogen and oxygen atoms in total. The number of sulfone groups is 2. The molecule has 0 amide bonds. The van der Waals surface area contributed by atoms with Gasteiger partial charge in [-0.05, 0) is 23.6 Å². The van der Waals surface area contributed by atoms with Gasteiger partial charge in [0.25, 0.3) is 0 Å². The standard InChI is InChI=1S/C18H21FN2O4S3/c19-14-4-1-2-5-15(14)20-7-9-21(10-8-20)16-12-27(22,23)13-17(16)28(24,25)18-6-3-11-26-18/h1-6,11,16-17H,7-10,12-13H2/t16-,17-/m0/s1. The summed E-state index contributed by atoms with van der Waals surface area (Å²) in [5.41, 5.74) is 0.518. The Morgan fingerprint density at radius 3 is 2.36 bits per heavy atom. The number of hydrogen-bond donors (Lipinski definition) is 0. The maximum absolute atomic E-state index is 14.0. The minimum atomic E-state index is -3.71. The Morgan fingerprint density at radius 1 is 1.00 bits per heavy atom. The highest BCUT2D eigenvalue weighted by Gasteiger charge is 2.48. The zero-order chi connectivity index (χ0) is 19.9. The lowest BCUT2D eigenvalue weighted by molar-refractivity contribution is 0.201. The number of para-hydroxylation sites is 1. The molecule has 0 radical (unpaired) electrons. The summed E-state index contributed by atoms with van der Waals surface area (Å²) < 4.78 is 64.9. The van der Waals surface area contributed by atoms with E-state index in [1.807, 2.05) is 9.80 Å². The molecule has 0 spiro atoms. The summed E-state index contributed by atoms with van der Waals surface area (Å²) >= 11 is 1.11. The summed E-state index contributed by atoms with van der Waals surface area (Å²) in [4.78, 5) is 3.86. The fourth-order valence-electron chi connectivity index (χ4n) is 4.01. The summed E-state index contributed by atoms with van der Waals surface area (Å²) in [7, 11) is -7.14. The van der Waals surface area contributed by atoms with E-state index in [1.165, 1.54) is 12.1 Å². The molecular formula is C18H21FN2O4S3. The monoisotopic (exact) mass is 444 g/mol. The van der Waals surface area contributed by atoms with Gasteiger partial charge >= 0.3 is 0 Å². The van der Waals surface area contributed by atoms with Gasteiger partial charge in [0.1, 0.15) is 10.0 Å². The zero-order valence-corrected chi connectivity index (χ0v) is 17.5. The third-order valence-electron chi connectivity index (χ3n) is 5.42. The van der Waals surface area contributed by atoms with Crippen molar-refractivity contribution in [1.82, 2.24) is 4.90 Å². The molecule has 28 heavy (non-hydrogen) atoms. The van der Waals surface area contributed by atoms with Crippen molar-refractivity contribution in [2.24, 2.45) is 0 Å². The molecule has 1 aromatic carbocycles. The zero-order valence-electron chi connectivity index (χ0n) is 15.1. The summed E-state index contributed by atoms with van der Waals surface area (Å²) in [6.07, 6.45) is 0. The van der Waals surface area contributed by atoms with Gasteiger partial charge in [-0.2, -0.15) is 0 Å². The smallest absolute Gasteiger partial charge is 0.193 e. The average Bonchev–Trinajstić information content (AvgIpc) is 3.31. The largest absolute Gasteiger partial charge is 0.367 e. The van der Waals surface area contributed by atoms with Gasteiger partial charge in [-0.1, -0.05) is 18.2 Å². The second-order valence-electron chi connectivity index (χ2n) is 7.13. The van der Waals surface area contributed by atoms with Crippen LogP contribution < -0.4 is 4.90 Å². The van der Waals surface area contributed by atoms with Crippen molar-refractivity contribution < 1.29 is 21.2 Å². The first kappa shape index (κ1) is 19.8. The fraction of sp³-hybridized carbons (Fsp3) is 0.444. The van der Waals surface area contributed by atoms with Crippen LogP contribution in [-0.2, 0) is 19.7 Å². The van der Waals surface area contributed by atoms with E-state index in [1.54, 1.807) is 29.6 Å². The number of rotatable bonds is 4. The Morgan fingerprint density at radius 2 is 1.71 bits per heavy atom. The van der Waals surface area contributed by atoms with Crippen LogP contribution >= 0.6 is 11.3 Å². The van der Waals surface area contributed by atoms with Crippen LogP contribution in [0.25, 0.3) is 0 Å². The first-order chi connectivity index (χ1) is 13.3. The first-order valence-electron chi connectivity index (χ1n) is 8.99. The molecule has 2 aliphatic heterocycles. The Hall–Kier alpha value is -1.49. The van der Waals surface area contributed by atoms with Crippen LogP contribution in [0.3, 0.4) is 0 Å². The molecule has 1 aromatic heterocycles. The van der Waals surface area contributed by atoms with Crippen LogP contribution in [0.5, 0.6) is 0 Å². The second kappa shape index (κ2) is 7.40. The molecule has 4 rings (SSSR count). The number of piperazine rings is 1. The third kappa shape index (κ3) is 3.70. The number of nitrogens with zero attached hydrogens (tertiary/aromatic N) is 2. The van der Waals surface area contributed by atoms with Crippen LogP contribution in [0.15, 0.2) is 46.0 Å². The van der Waals surface area contributed by atoms with E-state index in [0.29, 0.717) is 31.9 Å². The summed E-state index contributed by atoms with van der Waals surface area (Å²) in [6.45, 7) is 2.02. The summed E-state index contributed by atoms with van der Waals surface area (Å²) in [6, 6.07) is 9.15. The molecule has 0 saturated carbocycles. The second-order valence-corrected chi connectivity index (χ2v) is 12.6. The molecule has 152 valence electrons. The van der Waals surface area contributed by atoms with Gasteiger partial charge in [-0.15, -0.1) is 11.3 Å². The van der Waals surface area contributed by atoms with E-state index in [-0.39, 0.29) is 21.5 Å². The number of halogens is 1. The van der Waals surface area contributed by atoms with Crippen molar-refractivity contribution in [2.75, 3.05) is 42.6 Å². The minimum Gasteiger partial charge on any atom is -0.367 e. The maximum atomic E-state index is 14.0. The highest BCUT2D eigenvalue weighted by molar-refractivity contribution is 7.97. The van der Waals surface area contributed by atoms with Crippen molar-refractivity contribution in [3.05, 3.63) is 47.6 Å². The molecule has 0 bridgehead atoms. The molecule has 3 heterocycles. The van der Waals surface area contributed by atoms with E-state index in [9.17, 15) is 21.2 Å². The number of anilines is 1. The van der Waals surface area contributed by atoms with Gasteiger partial charge in [0.05, 0.1) is 22.4 Å². The quantitative estimate of drug-likeness (QED) is 0.714. The molecular weight excluding hydrogens is 423 g/mol. The number of hydrogen-bond acceptors (Lipinski definition) is 7. The summed E-state index contributed by atoms with van der Waals surface area (Å²) in [5.74, 6) is -0.787. The van der Waals surface area contributed by atoms with Crippen LogP contribution in [0.2, 0.25) is 0 Å². The Balaban J connectivity index is 1.54. The lowest BCUT2D eigenvalue weighted by atomic mass is 10.1. The van der Waals surface area contributed by atoms with E-state index < -0.39 is 31.0 Å². The van der Waals surface area contributed by atoms with E-state index in [2.05, 4.69) is 0 Å². The molecule has 0 unspecified atom stereocenters. The van der Waals surface area contributed by atoms with Crippen LogP contribution in [-0.4, -0.2) is 70.7 Å². The van der Waals surface area contributed by atoms with Gasteiger partial charge in [0, 0.05) is 32.2 Å². The molecule has 2 fully saturated rings. The van der Waals surface area contributed by atoms with Gasteiger partial charge in [0.15, 0.2) is 19.7 Å². The van der Waals surface area contributed by atoms with E-state index in [0.717, 1.165) is 11.3 Å². The molecule has 2 aromatic rings. The van der Waals surface area contributed by atoms with Gasteiger partial charge in [-0.3, -0.25) is 4.90 Å². The topological polar surface area (TPSA) is 74.8 Å². The SMILES string of the molecule is O=S1(=O)C[C@H](N2CCN(c3ccccc3F)CC2)[C@@H](S(=O)(=O)c2cccs2)C1. The van der Waals surface area contributed by atoms with E-state index >= 15 is 0 Å².